The van der Waals surface area contributed by atoms with Crippen molar-refractivity contribution in [1.29, 1.82) is 0 Å². The van der Waals surface area contributed by atoms with Gasteiger partial charge in [0, 0.05) is 23.6 Å². The second-order valence-corrected chi connectivity index (χ2v) is 7.05. The number of benzene rings is 2. The summed E-state index contributed by atoms with van der Waals surface area (Å²) >= 11 is 0. The maximum Gasteiger partial charge on any atom is 0.255 e. The standard InChI is InChI=1S/C23H22N6O/c1-16-5-3-7-19(11-16)23(30)27-20-8-4-6-18(12-20)17(2)26-21-13-25-14-22(28-21)29-10-9-24-15-29/h3-15,17H,1-2H3,(H,26,28)(H,27,30)/t17-/m0/s1. The quantitative estimate of drug-likeness (QED) is 0.503. The number of amides is 1. The lowest BCUT2D eigenvalue weighted by Gasteiger charge is -2.16. The van der Waals surface area contributed by atoms with Crippen molar-refractivity contribution < 1.29 is 4.79 Å². The minimum atomic E-state index is -0.129. The average Bonchev–Trinajstić information content (AvgIpc) is 3.29. The summed E-state index contributed by atoms with van der Waals surface area (Å²) in [4.78, 5) is 25.4. The smallest absolute Gasteiger partial charge is 0.255 e. The van der Waals surface area contributed by atoms with Gasteiger partial charge in [0.15, 0.2) is 5.82 Å². The van der Waals surface area contributed by atoms with Gasteiger partial charge in [-0.3, -0.25) is 14.3 Å². The predicted octanol–water partition coefficient (Wildman–Crippen LogP) is 4.40. The van der Waals surface area contributed by atoms with Gasteiger partial charge in [0.1, 0.15) is 12.1 Å². The maximum absolute atomic E-state index is 12.5. The molecule has 1 amide bonds. The first-order chi connectivity index (χ1) is 14.6. The molecule has 0 saturated heterocycles. The Bertz CT molecular complexity index is 1160. The second-order valence-electron chi connectivity index (χ2n) is 7.05. The molecule has 0 aliphatic rings. The van der Waals surface area contributed by atoms with Gasteiger partial charge < -0.3 is 10.6 Å². The molecule has 0 saturated carbocycles. The van der Waals surface area contributed by atoms with Gasteiger partial charge in [-0.15, -0.1) is 0 Å². The minimum Gasteiger partial charge on any atom is -0.362 e. The lowest BCUT2D eigenvalue weighted by Crippen LogP contribution is -2.13. The summed E-state index contributed by atoms with van der Waals surface area (Å²) in [7, 11) is 0. The zero-order valence-electron chi connectivity index (χ0n) is 16.8. The Hall–Kier alpha value is -4.00. The molecule has 0 spiro atoms. The molecule has 4 aromatic rings. The zero-order valence-corrected chi connectivity index (χ0v) is 16.8. The van der Waals surface area contributed by atoms with Crippen LogP contribution >= 0.6 is 0 Å². The number of imidazole rings is 1. The highest BCUT2D eigenvalue weighted by Gasteiger charge is 2.11. The Kier molecular flexibility index (Phi) is 5.52. The van der Waals surface area contributed by atoms with Crippen molar-refractivity contribution >= 4 is 17.4 Å². The third-order valence-corrected chi connectivity index (χ3v) is 4.68. The van der Waals surface area contributed by atoms with Crippen LogP contribution in [-0.2, 0) is 0 Å². The molecule has 2 N–H and O–H groups in total. The van der Waals surface area contributed by atoms with Gasteiger partial charge in [0.25, 0.3) is 5.91 Å². The van der Waals surface area contributed by atoms with Crippen LogP contribution in [0.3, 0.4) is 0 Å². The number of aromatic nitrogens is 4. The zero-order chi connectivity index (χ0) is 20.9. The number of hydrogen-bond donors (Lipinski definition) is 2. The summed E-state index contributed by atoms with van der Waals surface area (Å²) in [6.45, 7) is 4.00. The van der Waals surface area contributed by atoms with E-state index in [0.717, 1.165) is 16.8 Å². The molecule has 0 radical (unpaired) electrons. The minimum absolute atomic E-state index is 0.0341. The molecule has 7 nitrogen and oxygen atoms in total. The fraction of sp³-hybridized carbons (Fsp3) is 0.130. The van der Waals surface area contributed by atoms with Crippen molar-refractivity contribution in [1.82, 2.24) is 19.5 Å². The van der Waals surface area contributed by atoms with Crippen LogP contribution in [0.1, 0.15) is 34.5 Å². The molecule has 30 heavy (non-hydrogen) atoms. The largest absolute Gasteiger partial charge is 0.362 e. The van der Waals surface area contributed by atoms with E-state index >= 15 is 0 Å². The molecule has 4 rings (SSSR count). The number of carbonyl (C=O) groups is 1. The molecule has 2 heterocycles. The lowest BCUT2D eigenvalue weighted by atomic mass is 10.1. The van der Waals surface area contributed by atoms with Crippen LogP contribution in [0.25, 0.3) is 5.82 Å². The van der Waals surface area contributed by atoms with E-state index in [4.69, 9.17) is 0 Å². The summed E-state index contributed by atoms with van der Waals surface area (Å²) in [5.74, 6) is 1.21. The molecule has 150 valence electrons. The van der Waals surface area contributed by atoms with E-state index in [2.05, 4.69) is 25.6 Å². The van der Waals surface area contributed by atoms with Crippen molar-refractivity contribution in [3.05, 3.63) is 96.3 Å². The summed E-state index contributed by atoms with van der Waals surface area (Å²) in [5, 5.41) is 6.33. The van der Waals surface area contributed by atoms with E-state index in [1.807, 2.05) is 68.6 Å². The van der Waals surface area contributed by atoms with E-state index in [1.54, 1.807) is 29.5 Å². The molecule has 2 aromatic carbocycles. The van der Waals surface area contributed by atoms with Crippen molar-refractivity contribution in [3.63, 3.8) is 0 Å². The molecule has 7 heteroatoms. The Morgan fingerprint density at radius 3 is 2.73 bits per heavy atom. The van der Waals surface area contributed by atoms with E-state index in [-0.39, 0.29) is 11.9 Å². The van der Waals surface area contributed by atoms with Crippen LogP contribution in [-0.4, -0.2) is 25.4 Å². The van der Waals surface area contributed by atoms with Crippen LogP contribution in [0.2, 0.25) is 0 Å². The Labute approximate surface area is 174 Å². The molecule has 0 fully saturated rings. The average molecular weight is 398 g/mol. The number of rotatable bonds is 6. The van der Waals surface area contributed by atoms with Gasteiger partial charge in [0.05, 0.1) is 18.4 Å². The molecule has 1 atom stereocenters. The number of nitrogens with one attached hydrogen (secondary N) is 2. The molecular weight excluding hydrogens is 376 g/mol. The van der Waals surface area contributed by atoms with Crippen LogP contribution in [0.15, 0.2) is 79.6 Å². The fourth-order valence-electron chi connectivity index (χ4n) is 3.12. The van der Waals surface area contributed by atoms with Crippen molar-refractivity contribution in [2.24, 2.45) is 0 Å². The summed E-state index contributed by atoms with van der Waals surface area (Å²) in [5.41, 5.74) is 3.45. The second kappa shape index (κ2) is 8.57. The van der Waals surface area contributed by atoms with Crippen LogP contribution in [0.5, 0.6) is 0 Å². The lowest BCUT2D eigenvalue weighted by molar-refractivity contribution is 0.102. The highest BCUT2D eigenvalue weighted by atomic mass is 16.1. The monoisotopic (exact) mass is 398 g/mol. The Balaban J connectivity index is 1.47. The molecular formula is C23H22N6O. The fourth-order valence-corrected chi connectivity index (χ4v) is 3.12. The summed E-state index contributed by atoms with van der Waals surface area (Å²) < 4.78 is 1.80. The highest BCUT2D eigenvalue weighted by Crippen LogP contribution is 2.22. The van der Waals surface area contributed by atoms with Gasteiger partial charge in [-0.1, -0.05) is 29.8 Å². The topological polar surface area (TPSA) is 84.7 Å². The van der Waals surface area contributed by atoms with Gasteiger partial charge in [-0.05, 0) is 43.7 Å². The van der Waals surface area contributed by atoms with Crippen LogP contribution in [0.4, 0.5) is 11.5 Å². The van der Waals surface area contributed by atoms with E-state index in [9.17, 15) is 4.79 Å². The maximum atomic E-state index is 12.5. The third kappa shape index (κ3) is 4.52. The number of aryl methyl sites for hydroxylation is 1. The highest BCUT2D eigenvalue weighted by molar-refractivity contribution is 6.04. The summed E-state index contributed by atoms with van der Waals surface area (Å²) in [6.07, 6.45) is 8.55. The van der Waals surface area contributed by atoms with Gasteiger partial charge in [0.2, 0.25) is 0 Å². The first-order valence-corrected chi connectivity index (χ1v) is 9.63. The summed E-state index contributed by atoms with van der Waals surface area (Å²) in [6, 6.07) is 15.3. The molecule has 0 aliphatic carbocycles. The number of nitrogens with zero attached hydrogens (tertiary/aromatic N) is 4. The number of carbonyl (C=O) groups excluding carboxylic acids is 1. The van der Waals surface area contributed by atoms with Crippen molar-refractivity contribution in [2.45, 2.75) is 19.9 Å². The van der Waals surface area contributed by atoms with E-state index in [0.29, 0.717) is 17.2 Å². The van der Waals surface area contributed by atoms with Gasteiger partial charge >= 0.3 is 0 Å². The van der Waals surface area contributed by atoms with Crippen molar-refractivity contribution in [3.8, 4) is 5.82 Å². The van der Waals surface area contributed by atoms with Crippen LogP contribution in [0, 0.1) is 6.92 Å². The number of anilines is 2. The van der Waals surface area contributed by atoms with E-state index in [1.165, 1.54) is 0 Å². The van der Waals surface area contributed by atoms with Gasteiger partial charge in [-0.25, -0.2) is 9.97 Å². The van der Waals surface area contributed by atoms with E-state index < -0.39 is 0 Å². The molecule has 0 aliphatic heterocycles. The molecule has 2 aromatic heterocycles. The SMILES string of the molecule is Cc1cccc(C(=O)Nc2cccc([C@H](C)Nc3cncc(-n4ccnc4)n3)c2)c1. The first kappa shape index (κ1) is 19.3. The van der Waals surface area contributed by atoms with Gasteiger partial charge in [-0.2, -0.15) is 0 Å². The Morgan fingerprint density at radius 1 is 1.07 bits per heavy atom. The molecule has 0 bridgehead atoms. The normalized spacial score (nSPS) is 11.7. The van der Waals surface area contributed by atoms with Crippen LogP contribution < -0.4 is 10.6 Å². The first-order valence-electron chi connectivity index (χ1n) is 9.63. The third-order valence-electron chi connectivity index (χ3n) is 4.68. The predicted molar refractivity (Wildman–Crippen MR) is 117 cm³/mol. The van der Waals surface area contributed by atoms with Crippen molar-refractivity contribution in [2.75, 3.05) is 10.6 Å². The number of hydrogen-bond acceptors (Lipinski definition) is 5. The Morgan fingerprint density at radius 2 is 1.93 bits per heavy atom. The molecule has 0 unspecified atom stereocenters.